The Morgan fingerprint density at radius 1 is 1.18 bits per heavy atom. The molecule has 0 aliphatic heterocycles. The van der Waals surface area contributed by atoms with Gasteiger partial charge in [0.2, 0.25) is 5.95 Å². The Morgan fingerprint density at radius 3 is 2.62 bits per heavy atom. The van der Waals surface area contributed by atoms with E-state index in [2.05, 4.69) is 26.3 Å². The van der Waals surface area contributed by atoms with Gasteiger partial charge in [0.25, 0.3) is 0 Å². The molecule has 0 spiro atoms. The van der Waals surface area contributed by atoms with Gasteiger partial charge in [0.15, 0.2) is 0 Å². The van der Waals surface area contributed by atoms with E-state index in [9.17, 15) is 15.0 Å². The summed E-state index contributed by atoms with van der Waals surface area (Å²) < 4.78 is 0. The number of carboxylic acid groups (broad SMARTS) is 1. The van der Waals surface area contributed by atoms with Crippen LogP contribution in [0.15, 0.2) is 36.7 Å². The minimum Gasteiger partial charge on any atom is -0.481 e. The number of nitrogens with zero attached hydrogens (tertiary/aromatic N) is 3. The van der Waals surface area contributed by atoms with Crippen LogP contribution in [-0.4, -0.2) is 31.1 Å². The lowest BCUT2D eigenvalue weighted by molar-refractivity contribution is -0.169. The summed E-state index contributed by atoms with van der Waals surface area (Å²) in [6, 6.07) is 8.00. The zero-order valence-corrected chi connectivity index (χ0v) is 21.1. The molecule has 4 atom stereocenters. The summed E-state index contributed by atoms with van der Waals surface area (Å²) in [6.07, 6.45) is 4.89. The third-order valence-corrected chi connectivity index (χ3v) is 8.61. The lowest BCUT2D eigenvalue weighted by Gasteiger charge is -2.48. The first-order chi connectivity index (χ1) is 16.1. The lowest BCUT2D eigenvalue weighted by atomic mass is 9.57. The predicted molar refractivity (Wildman–Crippen MR) is 134 cm³/mol. The minimum atomic E-state index is -1.14. The van der Waals surface area contributed by atoms with Crippen molar-refractivity contribution in [1.82, 2.24) is 15.0 Å². The normalized spacial score (nSPS) is 26.9. The number of nitrogens with one attached hydrogen (secondary N) is 1. The van der Waals surface area contributed by atoms with Crippen molar-refractivity contribution in [3.63, 3.8) is 0 Å². The number of anilines is 2. The van der Waals surface area contributed by atoms with E-state index in [-0.39, 0.29) is 11.8 Å². The highest BCUT2D eigenvalue weighted by molar-refractivity contribution is 7.15. The van der Waals surface area contributed by atoms with Gasteiger partial charge in [0.05, 0.1) is 10.3 Å². The molecule has 0 amide bonds. The van der Waals surface area contributed by atoms with Gasteiger partial charge >= 0.3 is 5.97 Å². The molecule has 0 radical (unpaired) electrons. The SMILES string of the molecule is CC[C@@]1(C(=O)O)C[C@@H](C)[C@@](O)(c2ncc(-c3cc(C)cc(Nc4nccc(C)n4)c3)s2)C[C@@H]1C. The van der Waals surface area contributed by atoms with Crippen molar-refractivity contribution >= 4 is 28.9 Å². The second kappa shape index (κ2) is 9.07. The quantitative estimate of drug-likeness (QED) is 0.415. The van der Waals surface area contributed by atoms with Gasteiger partial charge in [-0.05, 0) is 74.3 Å². The molecule has 3 aromatic rings. The van der Waals surface area contributed by atoms with Crippen LogP contribution in [0.2, 0.25) is 0 Å². The first-order valence-electron chi connectivity index (χ1n) is 11.7. The Bertz CT molecular complexity index is 1210. The summed E-state index contributed by atoms with van der Waals surface area (Å²) in [4.78, 5) is 26.4. The Morgan fingerprint density at radius 2 is 1.94 bits per heavy atom. The molecule has 0 bridgehead atoms. The molecule has 1 saturated carbocycles. The van der Waals surface area contributed by atoms with Crippen molar-refractivity contribution in [2.24, 2.45) is 17.3 Å². The number of hydrogen-bond acceptors (Lipinski definition) is 7. The lowest BCUT2D eigenvalue weighted by Crippen LogP contribution is -2.51. The van der Waals surface area contributed by atoms with Gasteiger partial charge in [0.1, 0.15) is 10.6 Å². The smallest absolute Gasteiger partial charge is 0.309 e. The number of thiazole rings is 1. The van der Waals surface area contributed by atoms with Crippen molar-refractivity contribution in [2.45, 2.75) is 59.5 Å². The van der Waals surface area contributed by atoms with Crippen molar-refractivity contribution in [3.05, 3.63) is 52.9 Å². The zero-order valence-electron chi connectivity index (χ0n) is 20.3. The Labute approximate surface area is 204 Å². The molecule has 7 nitrogen and oxygen atoms in total. The van der Waals surface area contributed by atoms with E-state index in [4.69, 9.17) is 0 Å². The van der Waals surface area contributed by atoms with Gasteiger partial charge in [-0.3, -0.25) is 4.79 Å². The molecule has 2 heterocycles. The topological polar surface area (TPSA) is 108 Å². The van der Waals surface area contributed by atoms with Crippen LogP contribution >= 0.6 is 11.3 Å². The summed E-state index contributed by atoms with van der Waals surface area (Å²) in [6.45, 7) is 9.76. The Balaban J connectivity index is 1.62. The molecule has 1 aliphatic rings. The van der Waals surface area contributed by atoms with Crippen molar-refractivity contribution in [3.8, 4) is 10.4 Å². The number of aromatic nitrogens is 3. The fourth-order valence-corrected chi connectivity index (χ4v) is 6.38. The molecule has 1 aromatic carbocycles. The molecule has 0 unspecified atom stereocenters. The van der Waals surface area contributed by atoms with Gasteiger partial charge in [-0.1, -0.05) is 26.8 Å². The highest BCUT2D eigenvalue weighted by atomic mass is 32.1. The van der Waals surface area contributed by atoms with Crippen molar-refractivity contribution < 1.29 is 15.0 Å². The first kappa shape index (κ1) is 24.3. The van der Waals surface area contributed by atoms with E-state index in [1.165, 1.54) is 11.3 Å². The molecular formula is C26H32N4O3S. The molecule has 1 aliphatic carbocycles. The second-order valence-electron chi connectivity index (χ2n) is 9.71. The van der Waals surface area contributed by atoms with E-state index < -0.39 is 17.0 Å². The number of aryl methyl sites for hydroxylation is 2. The van der Waals surface area contributed by atoms with Crippen molar-refractivity contribution in [2.75, 3.05) is 5.32 Å². The Hall–Kier alpha value is -2.84. The number of rotatable bonds is 6. The predicted octanol–water partition coefficient (Wildman–Crippen LogP) is 5.70. The van der Waals surface area contributed by atoms with Crippen molar-refractivity contribution in [1.29, 1.82) is 0 Å². The van der Waals surface area contributed by atoms with E-state index in [1.54, 1.807) is 12.4 Å². The molecule has 8 heteroatoms. The standard InChI is InChI=1S/C26H32N4O3S/c1-6-25(23(31)32)12-17(4)26(33,13-16(25)3)22-28-14-21(34-22)19-9-15(2)10-20(11-19)30-24-27-8-7-18(5)29-24/h7-11,14,16-17,33H,6,12-13H2,1-5H3,(H,31,32)(H,27,29,30)/t16-,17+,25+,26+/m0/s1. The van der Waals surface area contributed by atoms with E-state index in [1.807, 2.05) is 52.8 Å². The fraction of sp³-hybridized carbons (Fsp3) is 0.462. The highest BCUT2D eigenvalue weighted by Gasteiger charge is 2.55. The molecule has 34 heavy (non-hydrogen) atoms. The maximum absolute atomic E-state index is 12.1. The second-order valence-corrected chi connectivity index (χ2v) is 10.7. The maximum Gasteiger partial charge on any atom is 0.309 e. The van der Waals surface area contributed by atoms with Gasteiger partial charge < -0.3 is 15.5 Å². The number of benzene rings is 1. The Kier molecular flexibility index (Phi) is 6.48. The third kappa shape index (κ3) is 4.32. The van der Waals surface area contributed by atoms with Gasteiger partial charge in [0, 0.05) is 23.8 Å². The largest absolute Gasteiger partial charge is 0.481 e. The average molecular weight is 481 g/mol. The summed E-state index contributed by atoms with van der Waals surface area (Å²) in [5.74, 6) is -0.605. The van der Waals surface area contributed by atoms with Crippen LogP contribution in [0.1, 0.15) is 56.3 Å². The monoisotopic (exact) mass is 480 g/mol. The van der Waals surface area contributed by atoms with Crippen LogP contribution in [-0.2, 0) is 10.4 Å². The number of hydrogen-bond donors (Lipinski definition) is 3. The minimum absolute atomic E-state index is 0.160. The number of carboxylic acids is 1. The van der Waals surface area contributed by atoms with E-state index in [0.29, 0.717) is 30.2 Å². The molecule has 3 N–H and O–H groups in total. The van der Waals surface area contributed by atoms with E-state index in [0.717, 1.165) is 27.4 Å². The van der Waals surface area contributed by atoms with Crippen LogP contribution < -0.4 is 5.32 Å². The van der Waals surface area contributed by atoms with E-state index >= 15 is 0 Å². The first-order valence-corrected chi connectivity index (χ1v) is 12.5. The molecule has 0 saturated heterocycles. The molecule has 4 rings (SSSR count). The summed E-state index contributed by atoms with van der Waals surface area (Å²) in [7, 11) is 0. The average Bonchev–Trinajstić information content (AvgIpc) is 3.27. The van der Waals surface area contributed by atoms with Crippen LogP contribution in [0, 0.1) is 31.1 Å². The molecule has 2 aromatic heterocycles. The van der Waals surface area contributed by atoms with Gasteiger partial charge in [-0.25, -0.2) is 15.0 Å². The molecule has 1 fully saturated rings. The number of carbonyl (C=O) groups is 1. The summed E-state index contributed by atoms with van der Waals surface area (Å²) in [5, 5.41) is 25.6. The van der Waals surface area contributed by atoms with Crippen LogP contribution in [0.3, 0.4) is 0 Å². The zero-order chi connectivity index (χ0) is 24.7. The number of aliphatic carboxylic acids is 1. The maximum atomic E-state index is 12.1. The number of aliphatic hydroxyl groups is 1. The molecule has 180 valence electrons. The van der Waals surface area contributed by atoms with Gasteiger partial charge in [-0.2, -0.15) is 0 Å². The van der Waals surface area contributed by atoms with Crippen LogP contribution in [0.5, 0.6) is 0 Å². The fourth-order valence-electron chi connectivity index (χ4n) is 5.26. The third-order valence-electron chi connectivity index (χ3n) is 7.39. The van der Waals surface area contributed by atoms with Gasteiger partial charge in [-0.15, -0.1) is 11.3 Å². The summed E-state index contributed by atoms with van der Waals surface area (Å²) >= 11 is 1.47. The highest BCUT2D eigenvalue weighted by Crippen LogP contribution is 2.54. The molecular weight excluding hydrogens is 448 g/mol. The van der Waals surface area contributed by atoms with Crippen LogP contribution in [0.25, 0.3) is 10.4 Å². The van der Waals surface area contributed by atoms with Crippen LogP contribution in [0.4, 0.5) is 11.6 Å². The summed E-state index contributed by atoms with van der Waals surface area (Å²) in [5.41, 5.74) is 1.89.